The van der Waals surface area contributed by atoms with Crippen LogP contribution in [0.1, 0.15) is 0 Å². The standard InChI is InChI=1S/C9H4N3O2.Ir/c1-2-6(9-12-11-5-14-9)8-7(3-1)13-4-10-8;/h1,3-5H;/q-1;. The third-order valence-corrected chi connectivity index (χ3v) is 1.87. The van der Waals surface area contributed by atoms with Crippen LogP contribution in [0.3, 0.4) is 0 Å². The molecule has 0 bridgehead atoms. The van der Waals surface area contributed by atoms with Gasteiger partial charge in [-0.25, -0.2) is 0 Å². The molecule has 77 valence electrons. The van der Waals surface area contributed by atoms with Crippen molar-refractivity contribution in [1.82, 2.24) is 15.2 Å². The van der Waals surface area contributed by atoms with Crippen molar-refractivity contribution in [2.24, 2.45) is 0 Å². The Morgan fingerprint density at radius 2 is 2.13 bits per heavy atom. The Morgan fingerprint density at radius 3 is 2.93 bits per heavy atom. The Labute approximate surface area is 97.9 Å². The summed E-state index contributed by atoms with van der Waals surface area (Å²) < 4.78 is 10.2. The summed E-state index contributed by atoms with van der Waals surface area (Å²) in [5, 5.41) is 7.38. The third kappa shape index (κ3) is 1.58. The Balaban J connectivity index is 0.000000853. The maximum atomic E-state index is 5.14. The molecule has 0 atom stereocenters. The molecular weight excluding hydrogens is 374 g/mol. The summed E-state index contributed by atoms with van der Waals surface area (Å²) in [7, 11) is 0. The van der Waals surface area contributed by atoms with E-state index in [0.29, 0.717) is 22.6 Å². The predicted octanol–water partition coefficient (Wildman–Crippen LogP) is 1.68. The van der Waals surface area contributed by atoms with E-state index in [2.05, 4.69) is 21.2 Å². The van der Waals surface area contributed by atoms with Gasteiger partial charge in [0, 0.05) is 25.6 Å². The summed E-state index contributed by atoms with van der Waals surface area (Å²) >= 11 is 0. The van der Waals surface area contributed by atoms with Crippen molar-refractivity contribution in [1.29, 1.82) is 0 Å². The van der Waals surface area contributed by atoms with Crippen molar-refractivity contribution in [2.45, 2.75) is 0 Å². The number of nitrogens with zero attached hydrogens (tertiary/aromatic N) is 3. The summed E-state index contributed by atoms with van der Waals surface area (Å²) in [6.45, 7) is 0. The van der Waals surface area contributed by atoms with Gasteiger partial charge in [0.25, 0.3) is 0 Å². The molecule has 3 rings (SSSR count). The number of rotatable bonds is 1. The molecule has 6 heteroatoms. The molecule has 5 nitrogen and oxygen atoms in total. The summed E-state index contributed by atoms with van der Waals surface area (Å²) in [6, 6.07) is 6.49. The van der Waals surface area contributed by atoms with Crippen LogP contribution in [0.4, 0.5) is 0 Å². The molecular formula is C9H4IrN3O2-. The molecule has 3 aromatic rings. The first-order valence-electron chi connectivity index (χ1n) is 3.95. The fourth-order valence-electron chi connectivity index (χ4n) is 1.28. The molecule has 0 N–H and O–H groups in total. The quantitative estimate of drug-likeness (QED) is 0.603. The number of aromatic nitrogens is 3. The average Bonchev–Trinajstić information content (AvgIpc) is 2.88. The van der Waals surface area contributed by atoms with Crippen LogP contribution in [0.15, 0.2) is 33.8 Å². The third-order valence-electron chi connectivity index (χ3n) is 1.87. The Bertz CT molecular complexity index is 562. The van der Waals surface area contributed by atoms with E-state index in [1.54, 1.807) is 12.1 Å². The first-order chi connectivity index (χ1) is 6.95. The second-order valence-corrected chi connectivity index (χ2v) is 2.66. The first kappa shape index (κ1) is 10.0. The molecule has 2 heterocycles. The van der Waals surface area contributed by atoms with Crippen LogP contribution in [-0.2, 0) is 20.1 Å². The van der Waals surface area contributed by atoms with Gasteiger partial charge in [0.1, 0.15) is 0 Å². The van der Waals surface area contributed by atoms with Gasteiger partial charge < -0.3 is 8.83 Å². The average molecular weight is 378 g/mol. The second kappa shape index (κ2) is 3.92. The van der Waals surface area contributed by atoms with Crippen LogP contribution in [-0.4, -0.2) is 15.2 Å². The van der Waals surface area contributed by atoms with Crippen molar-refractivity contribution in [2.75, 3.05) is 0 Å². The van der Waals surface area contributed by atoms with Gasteiger partial charge in [-0.05, 0) is 0 Å². The van der Waals surface area contributed by atoms with Crippen molar-refractivity contribution in [3.05, 3.63) is 31.0 Å². The molecule has 0 aliphatic carbocycles. The maximum absolute atomic E-state index is 5.14. The minimum absolute atomic E-state index is 0. The van der Waals surface area contributed by atoms with Gasteiger partial charge in [0.2, 0.25) is 0 Å². The number of hydrogen-bond donors (Lipinski definition) is 0. The van der Waals surface area contributed by atoms with Crippen LogP contribution in [0.5, 0.6) is 0 Å². The van der Waals surface area contributed by atoms with Crippen LogP contribution in [0, 0.1) is 6.07 Å². The Morgan fingerprint density at radius 1 is 1.20 bits per heavy atom. The monoisotopic (exact) mass is 379 g/mol. The minimum atomic E-state index is 0. The van der Waals surface area contributed by atoms with Gasteiger partial charge >= 0.3 is 0 Å². The van der Waals surface area contributed by atoms with Gasteiger partial charge in [-0.2, -0.15) is 5.10 Å². The number of hydrogen-bond acceptors (Lipinski definition) is 5. The van der Waals surface area contributed by atoms with Gasteiger partial charge in [0.05, 0.1) is 5.58 Å². The van der Waals surface area contributed by atoms with E-state index in [1.807, 2.05) is 0 Å². The molecule has 0 saturated heterocycles. The van der Waals surface area contributed by atoms with E-state index in [4.69, 9.17) is 8.83 Å². The number of benzene rings is 1. The van der Waals surface area contributed by atoms with Crippen LogP contribution in [0.2, 0.25) is 0 Å². The van der Waals surface area contributed by atoms with E-state index in [1.165, 1.54) is 12.8 Å². The Hall–Kier alpha value is -1.52. The van der Waals surface area contributed by atoms with E-state index < -0.39 is 0 Å². The van der Waals surface area contributed by atoms with E-state index in [9.17, 15) is 0 Å². The maximum Gasteiger partial charge on any atom is 0.192 e. The molecule has 0 saturated carbocycles. The van der Waals surface area contributed by atoms with Gasteiger partial charge in [-0.15, -0.1) is 17.2 Å². The van der Waals surface area contributed by atoms with Crippen LogP contribution < -0.4 is 0 Å². The summed E-state index contributed by atoms with van der Waals surface area (Å²) in [5.74, 6) is 0.393. The molecule has 0 unspecified atom stereocenters. The molecule has 1 aromatic carbocycles. The predicted molar refractivity (Wildman–Crippen MR) is 46.1 cm³/mol. The van der Waals surface area contributed by atoms with Crippen molar-refractivity contribution >= 4 is 11.1 Å². The fraction of sp³-hybridized carbons (Fsp3) is 0. The van der Waals surface area contributed by atoms with E-state index in [-0.39, 0.29) is 20.1 Å². The zero-order valence-corrected chi connectivity index (χ0v) is 9.70. The van der Waals surface area contributed by atoms with Crippen LogP contribution >= 0.6 is 0 Å². The number of oxazole rings is 1. The zero-order chi connectivity index (χ0) is 9.38. The molecule has 0 spiro atoms. The Kier molecular flexibility index (Phi) is 2.62. The van der Waals surface area contributed by atoms with Crippen molar-refractivity contribution < 1.29 is 28.9 Å². The minimum Gasteiger partial charge on any atom is -0.470 e. The molecule has 0 amide bonds. The van der Waals surface area contributed by atoms with Gasteiger partial charge in [-0.1, -0.05) is 11.6 Å². The zero-order valence-electron chi connectivity index (χ0n) is 7.30. The van der Waals surface area contributed by atoms with Crippen molar-refractivity contribution in [3.8, 4) is 11.5 Å². The summed E-state index contributed by atoms with van der Waals surface area (Å²) in [4.78, 5) is 4.05. The first-order valence-corrected chi connectivity index (χ1v) is 3.95. The fourth-order valence-corrected chi connectivity index (χ4v) is 1.28. The smallest absolute Gasteiger partial charge is 0.192 e. The van der Waals surface area contributed by atoms with Crippen molar-refractivity contribution in [3.63, 3.8) is 0 Å². The topological polar surface area (TPSA) is 65.0 Å². The summed E-state index contributed by atoms with van der Waals surface area (Å²) in [6.07, 6.45) is 2.64. The van der Waals surface area contributed by atoms with Gasteiger partial charge in [-0.3, -0.25) is 4.98 Å². The molecule has 0 aliphatic rings. The van der Waals surface area contributed by atoms with Gasteiger partial charge in [0.15, 0.2) is 18.7 Å². The molecule has 1 radical (unpaired) electrons. The second-order valence-electron chi connectivity index (χ2n) is 2.66. The van der Waals surface area contributed by atoms with Crippen LogP contribution in [0.25, 0.3) is 22.6 Å². The summed E-state index contributed by atoms with van der Waals surface area (Å²) in [5.41, 5.74) is 2.02. The molecule has 0 fully saturated rings. The molecule has 0 aliphatic heterocycles. The SMILES string of the molecule is [Ir].[c-]1ccc2ocnc2c1-c1nnco1. The van der Waals surface area contributed by atoms with E-state index in [0.717, 1.165) is 0 Å². The largest absolute Gasteiger partial charge is 0.470 e. The normalized spacial score (nSPS) is 10.1. The molecule has 15 heavy (non-hydrogen) atoms. The van der Waals surface area contributed by atoms with E-state index >= 15 is 0 Å². The molecule has 2 aromatic heterocycles. The number of fused-ring (bicyclic) bond motifs is 1.